The SMILES string of the molecule is CC(CCCCCCCCCCCCCCCCCCCCCC(=O)O)C(=O)O. The van der Waals surface area contributed by atoms with Crippen LogP contribution in [0.25, 0.3) is 0 Å². The van der Waals surface area contributed by atoms with Crippen molar-refractivity contribution in [2.45, 2.75) is 142 Å². The van der Waals surface area contributed by atoms with Crippen LogP contribution in [-0.4, -0.2) is 22.2 Å². The van der Waals surface area contributed by atoms with Gasteiger partial charge in [0.25, 0.3) is 0 Å². The quantitative estimate of drug-likeness (QED) is 0.167. The zero-order valence-corrected chi connectivity index (χ0v) is 19.1. The van der Waals surface area contributed by atoms with Gasteiger partial charge in [-0.1, -0.05) is 122 Å². The molecule has 0 radical (unpaired) electrons. The van der Waals surface area contributed by atoms with Gasteiger partial charge in [-0.15, -0.1) is 0 Å². The molecule has 172 valence electrons. The number of unbranched alkanes of at least 4 members (excludes halogenated alkanes) is 18. The monoisotopic (exact) mass is 412 g/mol. The molecular formula is C25H48O4. The highest BCUT2D eigenvalue weighted by Gasteiger charge is 2.09. The highest BCUT2D eigenvalue weighted by Crippen LogP contribution is 2.16. The summed E-state index contributed by atoms with van der Waals surface area (Å²) in [6, 6.07) is 0. The van der Waals surface area contributed by atoms with E-state index in [4.69, 9.17) is 10.2 Å². The number of carboxylic acids is 2. The number of hydrogen-bond donors (Lipinski definition) is 2. The molecule has 0 heterocycles. The minimum atomic E-state index is -0.665. The van der Waals surface area contributed by atoms with Gasteiger partial charge in [-0.2, -0.15) is 0 Å². The molecule has 0 aliphatic carbocycles. The Balaban J connectivity index is 3.07. The van der Waals surface area contributed by atoms with E-state index in [2.05, 4.69) is 0 Å². The van der Waals surface area contributed by atoms with E-state index in [1.165, 1.54) is 103 Å². The van der Waals surface area contributed by atoms with Crippen LogP contribution in [0, 0.1) is 5.92 Å². The van der Waals surface area contributed by atoms with Gasteiger partial charge in [0.05, 0.1) is 5.92 Å². The molecule has 0 amide bonds. The van der Waals surface area contributed by atoms with Crippen molar-refractivity contribution < 1.29 is 19.8 Å². The number of carboxylic acid groups (broad SMARTS) is 2. The molecule has 0 fully saturated rings. The summed E-state index contributed by atoms with van der Waals surface area (Å²) in [4.78, 5) is 21.1. The first-order valence-electron chi connectivity index (χ1n) is 12.5. The van der Waals surface area contributed by atoms with Gasteiger partial charge in [-0.05, 0) is 12.8 Å². The van der Waals surface area contributed by atoms with Crippen molar-refractivity contribution in [3.05, 3.63) is 0 Å². The van der Waals surface area contributed by atoms with Crippen molar-refractivity contribution >= 4 is 11.9 Å². The van der Waals surface area contributed by atoms with E-state index >= 15 is 0 Å². The van der Waals surface area contributed by atoms with Crippen molar-refractivity contribution in [3.63, 3.8) is 0 Å². The van der Waals surface area contributed by atoms with Crippen LogP contribution >= 0.6 is 0 Å². The Kier molecular flexibility index (Phi) is 20.9. The van der Waals surface area contributed by atoms with E-state index in [-0.39, 0.29) is 5.92 Å². The minimum Gasteiger partial charge on any atom is -0.481 e. The van der Waals surface area contributed by atoms with Crippen molar-refractivity contribution in [1.29, 1.82) is 0 Å². The number of carbonyl (C=O) groups is 2. The van der Waals surface area contributed by atoms with E-state index in [0.29, 0.717) is 6.42 Å². The minimum absolute atomic E-state index is 0.183. The molecule has 1 unspecified atom stereocenters. The third-order valence-corrected chi connectivity index (χ3v) is 5.95. The van der Waals surface area contributed by atoms with E-state index in [9.17, 15) is 9.59 Å². The van der Waals surface area contributed by atoms with Crippen molar-refractivity contribution in [1.82, 2.24) is 0 Å². The molecular weight excluding hydrogens is 364 g/mol. The van der Waals surface area contributed by atoms with E-state index in [1.54, 1.807) is 6.92 Å². The molecule has 4 nitrogen and oxygen atoms in total. The van der Waals surface area contributed by atoms with E-state index in [1.807, 2.05) is 0 Å². The van der Waals surface area contributed by atoms with E-state index in [0.717, 1.165) is 25.7 Å². The number of aliphatic carboxylic acids is 2. The fourth-order valence-electron chi connectivity index (χ4n) is 3.86. The first-order valence-corrected chi connectivity index (χ1v) is 12.5. The summed E-state index contributed by atoms with van der Waals surface area (Å²) >= 11 is 0. The lowest BCUT2D eigenvalue weighted by atomic mass is 10.0. The number of rotatable bonds is 23. The first-order chi connectivity index (χ1) is 14.0. The van der Waals surface area contributed by atoms with Gasteiger partial charge >= 0.3 is 11.9 Å². The summed E-state index contributed by atoms with van der Waals surface area (Å²) in [6.07, 6.45) is 25.3. The molecule has 0 aliphatic rings. The molecule has 0 aromatic carbocycles. The predicted molar refractivity (Wildman–Crippen MR) is 121 cm³/mol. The standard InChI is InChI=1S/C25H48O4/c1-23(25(28)29)21-19-17-15-13-11-9-7-5-3-2-4-6-8-10-12-14-16-18-20-22-24(26)27/h23H,2-22H2,1H3,(H,26,27)(H,28,29). The van der Waals surface area contributed by atoms with Crippen molar-refractivity contribution in [3.8, 4) is 0 Å². The highest BCUT2D eigenvalue weighted by atomic mass is 16.4. The van der Waals surface area contributed by atoms with Gasteiger partial charge in [0, 0.05) is 6.42 Å². The molecule has 0 aromatic rings. The average Bonchev–Trinajstić information content (AvgIpc) is 2.68. The third kappa shape index (κ3) is 23.1. The van der Waals surface area contributed by atoms with Gasteiger partial charge in [0.15, 0.2) is 0 Å². The Morgan fingerprint density at radius 2 is 0.793 bits per heavy atom. The smallest absolute Gasteiger partial charge is 0.306 e. The van der Waals surface area contributed by atoms with Crippen LogP contribution in [0.4, 0.5) is 0 Å². The molecule has 0 aliphatic heterocycles. The van der Waals surface area contributed by atoms with Crippen LogP contribution in [0.2, 0.25) is 0 Å². The van der Waals surface area contributed by atoms with Gasteiger partial charge in [0.1, 0.15) is 0 Å². The second-order valence-corrected chi connectivity index (χ2v) is 8.89. The Bertz CT molecular complexity index is 381. The zero-order valence-electron chi connectivity index (χ0n) is 19.1. The lowest BCUT2D eigenvalue weighted by molar-refractivity contribution is -0.141. The maximum absolute atomic E-state index is 10.7. The molecule has 1 atom stereocenters. The molecule has 0 saturated heterocycles. The third-order valence-electron chi connectivity index (χ3n) is 5.95. The summed E-state index contributed by atoms with van der Waals surface area (Å²) in [6.45, 7) is 1.80. The van der Waals surface area contributed by atoms with Gasteiger partial charge in [-0.25, -0.2) is 0 Å². The maximum Gasteiger partial charge on any atom is 0.306 e. The van der Waals surface area contributed by atoms with Gasteiger partial charge < -0.3 is 10.2 Å². The largest absolute Gasteiger partial charge is 0.481 e. The van der Waals surface area contributed by atoms with Crippen LogP contribution in [0.5, 0.6) is 0 Å². The van der Waals surface area contributed by atoms with Gasteiger partial charge in [-0.3, -0.25) is 9.59 Å². The Hall–Kier alpha value is -1.06. The Morgan fingerprint density at radius 1 is 0.517 bits per heavy atom. The second-order valence-electron chi connectivity index (χ2n) is 8.89. The summed E-state index contributed by atoms with van der Waals surface area (Å²) in [7, 11) is 0. The topological polar surface area (TPSA) is 74.6 Å². The summed E-state index contributed by atoms with van der Waals surface area (Å²) in [5, 5.41) is 17.4. The Morgan fingerprint density at radius 3 is 1.07 bits per heavy atom. The normalized spacial score (nSPS) is 12.2. The zero-order chi connectivity index (χ0) is 21.6. The fourth-order valence-corrected chi connectivity index (χ4v) is 3.86. The molecule has 0 saturated carbocycles. The first kappa shape index (κ1) is 27.9. The highest BCUT2D eigenvalue weighted by molar-refractivity contribution is 5.69. The molecule has 0 spiro atoms. The second kappa shape index (κ2) is 21.6. The van der Waals surface area contributed by atoms with Crippen LogP contribution in [0.15, 0.2) is 0 Å². The average molecular weight is 413 g/mol. The van der Waals surface area contributed by atoms with Crippen LogP contribution in [-0.2, 0) is 9.59 Å². The number of hydrogen-bond acceptors (Lipinski definition) is 2. The summed E-state index contributed by atoms with van der Waals surface area (Å²) in [5.41, 5.74) is 0. The Labute approximate surface area is 179 Å². The summed E-state index contributed by atoms with van der Waals surface area (Å²) < 4.78 is 0. The van der Waals surface area contributed by atoms with Crippen LogP contribution < -0.4 is 0 Å². The fraction of sp³-hybridized carbons (Fsp3) is 0.920. The predicted octanol–water partition coefficient (Wildman–Crippen LogP) is 7.98. The molecule has 0 aromatic heterocycles. The van der Waals surface area contributed by atoms with Gasteiger partial charge in [0.2, 0.25) is 0 Å². The molecule has 0 bridgehead atoms. The molecule has 0 rings (SSSR count). The molecule has 29 heavy (non-hydrogen) atoms. The lowest BCUT2D eigenvalue weighted by Crippen LogP contribution is -2.08. The van der Waals surface area contributed by atoms with Crippen LogP contribution in [0.1, 0.15) is 142 Å². The summed E-state index contributed by atoms with van der Waals surface area (Å²) in [5.74, 6) is -1.51. The molecule has 2 N–H and O–H groups in total. The molecule has 4 heteroatoms. The maximum atomic E-state index is 10.7. The van der Waals surface area contributed by atoms with Crippen molar-refractivity contribution in [2.75, 3.05) is 0 Å². The van der Waals surface area contributed by atoms with E-state index < -0.39 is 11.9 Å². The van der Waals surface area contributed by atoms with Crippen LogP contribution in [0.3, 0.4) is 0 Å². The van der Waals surface area contributed by atoms with Crippen molar-refractivity contribution in [2.24, 2.45) is 5.92 Å². The lowest BCUT2D eigenvalue weighted by Gasteiger charge is -2.06.